The first kappa shape index (κ1) is 11.9. The summed E-state index contributed by atoms with van der Waals surface area (Å²) in [6, 6.07) is 0.262. The predicted molar refractivity (Wildman–Crippen MR) is 66.6 cm³/mol. The van der Waals surface area contributed by atoms with Crippen molar-refractivity contribution >= 4 is 0 Å². The fourth-order valence-corrected chi connectivity index (χ4v) is 3.56. The zero-order valence-corrected chi connectivity index (χ0v) is 10.0. The molecule has 0 aromatic heterocycles. The van der Waals surface area contributed by atoms with E-state index in [1.807, 2.05) is 0 Å². The number of likely N-dealkylation sites (tertiary alicyclic amines) is 1. The van der Waals surface area contributed by atoms with Gasteiger partial charge in [0.15, 0.2) is 0 Å². The molecule has 1 atom stereocenters. The average Bonchev–Trinajstić information content (AvgIpc) is 2.95. The Morgan fingerprint density at radius 2 is 1.88 bits per heavy atom. The minimum atomic E-state index is 0.248. The third kappa shape index (κ3) is 1.98. The third-order valence-electron chi connectivity index (χ3n) is 4.38. The lowest BCUT2D eigenvalue weighted by Crippen LogP contribution is -2.60. The largest absolute Gasteiger partial charge is 0.296 e. The van der Waals surface area contributed by atoms with E-state index in [0.29, 0.717) is 0 Å². The van der Waals surface area contributed by atoms with E-state index in [-0.39, 0.29) is 11.6 Å². The number of hydrogen-bond acceptors (Lipinski definition) is 3. The Morgan fingerprint density at radius 1 is 1.25 bits per heavy atom. The smallest absolute Gasteiger partial charge is 0.0503 e. The van der Waals surface area contributed by atoms with Crippen LogP contribution in [-0.2, 0) is 0 Å². The Balaban J connectivity index is 2.16. The molecule has 1 aliphatic carbocycles. The van der Waals surface area contributed by atoms with Gasteiger partial charge in [-0.2, -0.15) is 0 Å². The van der Waals surface area contributed by atoms with Crippen LogP contribution in [0.2, 0.25) is 0 Å². The van der Waals surface area contributed by atoms with E-state index in [1.54, 1.807) is 0 Å². The first-order valence-corrected chi connectivity index (χ1v) is 6.48. The molecule has 1 saturated heterocycles. The van der Waals surface area contributed by atoms with Crippen molar-refractivity contribution in [2.45, 2.75) is 56.5 Å². The van der Waals surface area contributed by atoms with Crippen molar-refractivity contribution in [2.24, 2.45) is 5.84 Å². The Hall–Kier alpha value is -0.560. The molecule has 0 radical (unpaired) electrons. The van der Waals surface area contributed by atoms with Gasteiger partial charge in [-0.25, -0.2) is 0 Å². The van der Waals surface area contributed by atoms with Crippen molar-refractivity contribution in [3.8, 4) is 12.3 Å². The maximum atomic E-state index is 5.72. The van der Waals surface area contributed by atoms with Gasteiger partial charge in [-0.1, -0.05) is 12.8 Å². The van der Waals surface area contributed by atoms with Crippen LogP contribution in [-0.4, -0.2) is 29.6 Å². The average molecular weight is 221 g/mol. The van der Waals surface area contributed by atoms with Gasteiger partial charge in [0.1, 0.15) is 0 Å². The molecule has 0 bridgehead atoms. The normalized spacial score (nSPS) is 26.8. The molecule has 1 heterocycles. The number of hydrazine groups is 1. The van der Waals surface area contributed by atoms with Crippen LogP contribution in [0.4, 0.5) is 0 Å². The Morgan fingerprint density at radius 3 is 2.38 bits per heavy atom. The van der Waals surface area contributed by atoms with E-state index in [9.17, 15) is 0 Å². The van der Waals surface area contributed by atoms with Crippen molar-refractivity contribution in [2.75, 3.05) is 13.1 Å². The highest BCUT2D eigenvalue weighted by Gasteiger charge is 2.45. The lowest BCUT2D eigenvalue weighted by molar-refractivity contribution is 0.0785. The van der Waals surface area contributed by atoms with Gasteiger partial charge in [-0.05, 0) is 38.8 Å². The van der Waals surface area contributed by atoms with Crippen molar-refractivity contribution in [3.63, 3.8) is 0 Å². The van der Waals surface area contributed by atoms with Crippen LogP contribution >= 0.6 is 0 Å². The molecule has 2 aliphatic rings. The number of rotatable bonds is 4. The van der Waals surface area contributed by atoms with E-state index in [2.05, 4.69) is 16.2 Å². The summed E-state index contributed by atoms with van der Waals surface area (Å²) in [5, 5.41) is 0. The van der Waals surface area contributed by atoms with Crippen molar-refractivity contribution < 1.29 is 0 Å². The highest BCUT2D eigenvalue weighted by Crippen LogP contribution is 2.40. The minimum Gasteiger partial charge on any atom is -0.296 e. The molecule has 90 valence electrons. The summed E-state index contributed by atoms with van der Waals surface area (Å²) in [6.07, 6.45) is 14.0. The quantitative estimate of drug-likeness (QED) is 0.426. The maximum Gasteiger partial charge on any atom is 0.0503 e. The summed E-state index contributed by atoms with van der Waals surface area (Å²) in [7, 11) is 0. The van der Waals surface area contributed by atoms with Gasteiger partial charge in [0.2, 0.25) is 0 Å². The van der Waals surface area contributed by atoms with Gasteiger partial charge < -0.3 is 0 Å². The van der Waals surface area contributed by atoms with Crippen molar-refractivity contribution in [1.82, 2.24) is 10.3 Å². The second kappa shape index (κ2) is 5.18. The first-order valence-electron chi connectivity index (χ1n) is 6.48. The first-order chi connectivity index (χ1) is 7.83. The van der Waals surface area contributed by atoms with E-state index in [1.165, 1.54) is 51.6 Å². The summed E-state index contributed by atoms with van der Waals surface area (Å²) in [6.45, 7) is 2.45. The van der Waals surface area contributed by atoms with Crippen LogP contribution in [0.1, 0.15) is 44.9 Å². The van der Waals surface area contributed by atoms with Crippen LogP contribution in [0, 0.1) is 12.3 Å². The molecule has 0 amide bonds. The second-order valence-electron chi connectivity index (χ2n) is 5.13. The summed E-state index contributed by atoms with van der Waals surface area (Å²) < 4.78 is 0. The monoisotopic (exact) mass is 221 g/mol. The number of terminal acetylenes is 1. The number of nitrogens with zero attached hydrogens (tertiary/aromatic N) is 1. The lowest BCUT2D eigenvalue weighted by atomic mass is 9.85. The minimum absolute atomic E-state index is 0.248. The van der Waals surface area contributed by atoms with Gasteiger partial charge in [-0.3, -0.25) is 16.2 Å². The Kier molecular flexibility index (Phi) is 3.86. The number of nitrogens with one attached hydrogen (secondary N) is 1. The molecular weight excluding hydrogens is 198 g/mol. The predicted octanol–water partition coefficient (Wildman–Crippen LogP) is 1.25. The van der Waals surface area contributed by atoms with Crippen molar-refractivity contribution in [1.29, 1.82) is 0 Å². The second-order valence-corrected chi connectivity index (χ2v) is 5.13. The van der Waals surface area contributed by atoms with Crippen molar-refractivity contribution in [3.05, 3.63) is 0 Å². The molecule has 0 aromatic carbocycles. The van der Waals surface area contributed by atoms with Crippen LogP contribution in [0.25, 0.3) is 0 Å². The number of hydrogen-bond donors (Lipinski definition) is 2. The van der Waals surface area contributed by atoms with Gasteiger partial charge in [0.25, 0.3) is 0 Å². The molecule has 1 aliphatic heterocycles. The van der Waals surface area contributed by atoms with E-state index in [4.69, 9.17) is 12.3 Å². The molecule has 3 heteroatoms. The maximum absolute atomic E-state index is 5.72. The molecule has 1 saturated carbocycles. The van der Waals surface area contributed by atoms with Crippen LogP contribution in [0.15, 0.2) is 0 Å². The molecule has 16 heavy (non-hydrogen) atoms. The van der Waals surface area contributed by atoms with Gasteiger partial charge in [0, 0.05) is 12.0 Å². The van der Waals surface area contributed by atoms with Gasteiger partial charge in [0.05, 0.1) is 6.04 Å². The van der Waals surface area contributed by atoms with E-state index >= 15 is 0 Å². The topological polar surface area (TPSA) is 41.3 Å². The zero-order chi connectivity index (χ0) is 11.4. The summed E-state index contributed by atoms with van der Waals surface area (Å²) in [4.78, 5) is 2.64. The van der Waals surface area contributed by atoms with Crippen LogP contribution < -0.4 is 11.3 Å². The SMILES string of the molecule is C#CCC(NN)C1(N2CCCC2)CCCC1. The van der Waals surface area contributed by atoms with Crippen LogP contribution in [0.5, 0.6) is 0 Å². The number of nitrogens with two attached hydrogens (primary N) is 1. The summed E-state index contributed by atoms with van der Waals surface area (Å²) >= 11 is 0. The molecule has 2 fully saturated rings. The zero-order valence-electron chi connectivity index (χ0n) is 10.0. The van der Waals surface area contributed by atoms with Gasteiger partial charge >= 0.3 is 0 Å². The van der Waals surface area contributed by atoms with Crippen LogP contribution in [0.3, 0.4) is 0 Å². The molecule has 3 N–H and O–H groups in total. The molecule has 3 nitrogen and oxygen atoms in total. The molecule has 0 spiro atoms. The molecule has 1 unspecified atom stereocenters. The van der Waals surface area contributed by atoms with E-state index < -0.39 is 0 Å². The molecule has 0 aromatic rings. The Bertz CT molecular complexity index is 257. The lowest BCUT2D eigenvalue weighted by Gasteiger charge is -2.44. The molecular formula is C13H23N3. The Labute approximate surface area is 98.7 Å². The highest BCUT2D eigenvalue weighted by molar-refractivity contribution is 5.07. The third-order valence-corrected chi connectivity index (χ3v) is 4.38. The molecule has 2 rings (SSSR count). The highest BCUT2D eigenvalue weighted by atomic mass is 15.3. The summed E-state index contributed by atoms with van der Waals surface area (Å²) in [5.41, 5.74) is 3.23. The standard InChI is InChI=1S/C13H23N3/c1-2-7-12(15-14)13(8-3-4-9-13)16-10-5-6-11-16/h1,12,15H,3-11,14H2. The summed E-state index contributed by atoms with van der Waals surface area (Å²) in [5.74, 6) is 8.49. The van der Waals surface area contributed by atoms with E-state index in [0.717, 1.165) is 6.42 Å². The van der Waals surface area contributed by atoms with Gasteiger partial charge in [-0.15, -0.1) is 12.3 Å². The fraction of sp³-hybridized carbons (Fsp3) is 0.846. The fourth-order valence-electron chi connectivity index (χ4n) is 3.56.